The molecule has 0 aromatic rings. The van der Waals surface area contributed by atoms with Crippen molar-refractivity contribution >= 4 is 0 Å². The molecule has 0 heterocycles. The van der Waals surface area contributed by atoms with Gasteiger partial charge in [-0.25, -0.2) is 0 Å². The predicted molar refractivity (Wildman–Crippen MR) is 50.5 cm³/mol. The van der Waals surface area contributed by atoms with Crippen LogP contribution in [0.25, 0.3) is 0 Å². The molecule has 0 saturated heterocycles. The number of rotatable bonds is 1. The van der Waals surface area contributed by atoms with Crippen LogP contribution in [0.3, 0.4) is 0 Å². The summed E-state index contributed by atoms with van der Waals surface area (Å²) in [6.07, 6.45) is 5.57. The van der Waals surface area contributed by atoms with E-state index in [9.17, 15) is 0 Å². The molecule has 1 nitrogen and oxygen atoms in total. The molecule has 0 fully saturated rings. The van der Waals surface area contributed by atoms with Crippen LogP contribution in [0.4, 0.5) is 0 Å². The van der Waals surface area contributed by atoms with E-state index in [0.29, 0.717) is 5.92 Å². The Hall–Kier alpha value is -0.770. The van der Waals surface area contributed by atoms with Crippen molar-refractivity contribution in [3.63, 3.8) is 0 Å². The topological polar surface area (TPSA) is 23.8 Å². The molecular weight excluding hydrogens is 146 g/mol. The minimum Gasteiger partial charge on any atom is -0.197 e. The summed E-state index contributed by atoms with van der Waals surface area (Å²) < 4.78 is 0. The molecule has 0 aromatic heterocycles. The highest BCUT2D eigenvalue weighted by Crippen LogP contribution is 2.35. The van der Waals surface area contributed by atoms with Crippen molar-refractivity contribution in [1.82, 2.24) is 0 Å². The molecule has 12 heavy (non-hydrogen) atoms. The Labute approximate surface area is 75.1 Å². The Kier molecular flexibility index (Phi) is 2.57. The van der Waals surface area contributed by atoms with Crippen LogP contribution in [0.2, 0.25) is 0 Å². The molecule has 1 unspecified atom stereocenters. The van der Waals surface area contributed by atoms with Gasteiger partial charge in [0.15, 0.2) is 0 Å². The highest BCUT2D eigenvalue weighted by atomic mass is 14.4. The van der Waals surface area contributed by atoms with Crippen LogP contribution >= 0.6 is 0 Å². The Bertz CT molecular complexity index is 232. The van der Waals surface area contributed by atoms with Gasteiger partial charge in [-0.1, -0.05) is 25.5 Å². The van der Waals surface area contributed by atoms with E-state index < -0.39 is 0 Å². The second-order valence-corrected chi connectivity index (χ2v) is 4.26. The Morgan fingerprint density at radius 1 is 1.58 bits per heavy atom. The van der Waals surface area contributed by atoms with E-state index in [-0.39, 0.29) is 5.41 Å². The zero-order valence-corrected chi connectivity index (χ0v) is 8.22. The van der Waals surface area contributed by atoms with Crippen LogP contribution in [0.5, 0.6) is 0 Å². The molecule has 0 aliphatic heterocycles. The monoisotopic (exact) mass is 163 g/mol. The van der Waals surface area contributed by atoms with Crippen LogP contribution in [0, 0.1) is 22.7 Å². The molecule has 0 aromatic carbocycles. The van der Waals surface area contributed by atoms with Crippen LogP contribution in [0.15, 0.2) is 11.6 Å². The van der Waals surface area contributed by atoms with E-state index >= 15 is 0 Å². The van der Waals surface area contributed by atoms with Gasteiger partial charge in [-0.3, -0.25) is 0 Å². The van der Waals surface area contributed by atoms with Crippen molar-refractivity contribution in [3.8, 4) is 6.07 Å². The molecule has 0 N–H and O–H groups in total. The second-order valence-electron chi connectivity index (χ2n) is 4.26. The van der Waals surface area contributed by atoms with Crippen molar-refractivity contribution in [2.24, 2.45) is 11.3 Å². The first-order chi connectivity index (χ1) is 5.57. The van der Waals surface area contributed by atoms with Gasteiger partial charge in [-0.15, -0.1) is 0 Å². The molecule has 1 heteroatoms. The smallest absolute Gasteiger partial charge is 0.0728 e. The van der Waals surface area contributed by atoms with E-state index in [4.69, 9.17) is 5.26 Å². The van der Waals surface area contributed by atoms with Gasteiger partial charge in [0.2, 0.25) is 0 Å². The third-order valence-corrected chi connectivity index (χ3v) is 2.66. The minimum absolute atomic E-state index is 0.183. The quantitative estimate of drug-likeness (QED) is 0.544. The van der Waals surface area contributed by atoms with Crippen LogP contribution in [-0.4, -0.2) is 0 Å². The maximum Gasteiger partial charge on any atom is 0.0728 e. The third kappa shape index (κ3) is 1.88. The summed E-state index contributed by atoms with van der Waals surface area (Å²) in [5.74, 6) is 0.609. The molecule has 0 amide bonds. The number of hydrogen-bond donors (Lipinski definition) is 0. The minimum atomic E-state index is -0.183. The second kappa shape index (κ2) is 3.31. The largest absolute Gasteiger partial charge is 0.197 e. The fourth-order valence-corrected chi connectivity index (χ4v) is 1.76. The summed E-state index contributed by atoms with van der Waals surface area (Å²) in [5.41, 5.74) is 1.28. The van der Waals surface area contributed by atoms with E-state index in [1.165, 1.54) is 18.4 Å². The van der Waals surface area contributed by atoms with Crippen molar-refractivity contribution in [1.29, 1.82) is 5.26 Å². The van der Waals surface area contributed by atoms with Gasteiger partial charge in [0.25, 0.3) is 0 Å². The highest BCUT2D eigenvalue weighted by Gasteiger charge is 2.25. The number of nitrogens with zero attached hydrogens (tertiary/aromatic N) is 1. The third-order valence-electron chi connectivity index (χ3n) is 2.66. The molecule has 1 aliphatic carbocycles. The number of nitriles is 1. The van der Waals surface area contributed by atoms with Gasteiger partial charge in [0.05, 0.1) is 11.5 Å². The van der Waals surface area contributed by atoms with E-state index in [1.807, 2.05) is 6.92 Å². The SMILES string of the molecule is CC(C)C1=CC(C)(C#N)CCC1. The van der Waals surface area contributed by atoms with Crippen molar-refractivity contribution < 1.29 is 0 Å². The first-order valence-electron chi connectivity index (χ1n) is 4.70. The van der Waals surface area contributed by atoms with E-state index in [1.54, 1.807) is 0 Å². The standard InChI is InChI=1S/C11H17N/c1-9(2)10-5-4-6-11(3,7-10)8-12/h7,9H,4-6H2,1-3H3. The van der Waals surface area contributed by atoms with Gasteiger partial charge in [-0.2, -0.15) is 5.26 Å². The lowest BCUT2D eigenvalue weighted by molar-refractivity contribution is 0.444. The zero-order chi connectivity index (χ0) is 9.19. The average molecular weight is 163 g/mol. The lowest BCUT2D eigenvalue weighted by Crippen LogP contribution is -2.16. The van der Waals surface area contributed by atoms with Gasteiger partial charge >= 0.3 is 0 Å². The molecule has 0 bridgehead atoms. The van der Waals surface area contributed by atoms with Gasteiger partial charge in [-0.05, 0) is 32.1 Å². The van der Waals surface area contributed by atoms with Gasteiger partial charge in [0, 0.05) is 0 Å². The molecule has 1 atom stereocenters. The fraction of sp³-hybridized carbons (Fsp3) is 0.727. The van der Waals surface area contributed by atoms with Gasteiger partial charge in [0.1, 0.15) is 0 Å². The predicted octanol–water partition coefficient (Wildman–Crippen LogP) is 3.28. The Balaban J connectivity index is 2.85. The summed E-state index contributed by atoms with van der Waals surface area (Å²) >= 11 is 0. The van der Waals surface area contributed by atoms with Crippen molar-refractivity contribution in [2.45, 2.75) is 40.0 Å². The fourth-order valence-electron chi connectivity index (χ4n) is 1.76. The van der Waals surface area contributed by atoms with Crippen molar-refractivity contribution in [2.75, 3.05) is 0 Å². The number of hydrogen-bond acceptors (Lipinski definition) is 1. The summed E-state index contributed by atoms with van der Waals surface area (Å²) in [7, 11) is 0. The molecule has 66 valence electrons. The maximum absolute atomic E-state index is 8.96. The van der Waals surface area contributed by atoms with Crippen LogP contribution in [-0.2, 0) is 0 Å². The van der Waals surface area contributed by atoms with Crippen molar-refractivity contribution in [3.05, 3.63) is 11.6 Å². The van der Waals surface area contributed by atoms with Gasteiger partial charge < -0.3 is 0 Å². The summed E-state index contributed by atoms with van der Waals surface area (Å²) in [6, 6.07) is 2.39. The molecule has 1 rings (SSSR count). The zero-order valence-electron chi connectivity index (χ0n) is 8.22. The molecule has 0 spiro atoms. The lowest BCUT2D eigenvalue weighted by Gasteiger charge is -2.26. The Morgan fingerprint density at radius 3 is 2.75 bits per heavy atom. The summed E-state index contributed by atoms with van der Waals surface area (Å²) in [5, 5.41) is 8.96. The maximum atomic E-state index is 8.96. The molecule has 0 radical (unpaired) electrons. The molecule has 1 aliphatic rings. The Morgan fingerprint density at radius 2 is 2.25 bits per heavy atom. The molecule has 0 saturated carbocycles. The normalized spacial score (nSPS) is 29.8. The molecular formula is C11H17N. The first-order valence-corrected chi connectivity index (χ1v) is 4.70. The highest BCUT2D eigenvalue weighted by molar-refractivity contribution is 5.20. The summed E-state index contributed by atoms with van der Waals surface area (Å²) in [6.45, 7) is 6.44. The van der Waals surface area contributed by atoms with E-state index in [0.717, 1.165) is 6.42 Å². The first kappa shape index (κ1) is 9.32. The lowest BCUT2D eigenvalue weighted by atomic mass is 9.77. The van der Waals surface area contributed by atoms with Crippen LogP contribution < -0.4 is 0 Å². The average Bonchev–Trinajstić information content (AvgIpc) is 2.05. The van der Waals surface area contributed by atoms with E-state index in [2.05, 4.69) is 26.0 Å². The number of allylic oxidation sites excluding steroid dienone is 2. The van der Waals surface area contributed by atoms with Crippen LogP contribution in [0.1, 0.15) is 40.0 Å². The summed E-state index contributed by atoms with van der Waals surface area (Å²) in [4.78, 5) is 0.